The molecule has 0 saturated carbocycles. The number of likely N-dealkylation sites (N-methyl/N-ethyl adjacent to an activating group) is 1. The highest BCUT2D eigenvalue weighted by Gasteiger charge is 2.02. The highest BCUT2D eigenvalue weighted by molar-refractivity contribution is 5.44. The smallest absolute Gasteiger partial charge is 0.214 e. The number of anilines is 1. The topological polar surface area (TPSA) is 29.0 Å². The SMILES string of the molecule is CN(CCc1ccncc1)c1ccnc(F)c1. The lowest BCUT2D eigenvalue weighted by molar-refractivity contribution is 0.583. The molecule has 0 aliphatic carbocycles. The third-order valence-electron chi connectivity index (χ3n) is 2.64. The van der Waals surface area contributed by atoms with Crippen LogP contribution in [0.4, 0.5) is 10.1 Å². The van der Waals surface area contributed by atoms with Crippen LogP contribution in [0.2, 0.25) is 0 Å². The van der Waals surface area contributed by atoms with Gasteiger partial charge in [0.15, 0.2) is 0 Å². The second-order valence-corrected chi connectivity index (χ2v) is 3.86. The summed E-state index contributed by atoms with van der Waals surface area (Å²) in [6.45, 7) is 0.827. The van der Waals surface area contributed by atoms with Crippen molar-refractivity contribution in [1.82, 2.24) is 9.97 Å². The summed E-state index contributed by atoms with van der Waals surface area (Å²) >= 11 is 0. The molecule has 2 aromatic heterocycles. The first-order chi connectivity index (χ1) is 8.25. The fourth-order valence-corrected chi connectivity index (χ4v) is 1.61. The Balaban J connectivity index is 1.96. The van der Waals surface area contributed by atoms with Crippen molar-refractivity contribution in [2.24, 2.45) is 0 Å². The molecule has 0 spiro atoms. The molecule has 2 aromatic rings. The summed E-state index contributed by atoms with van der Waals surface area (Å²) in [6, 6.07) is 7.21. The van der Waals surface area contributed by atoms with E-state index in [1.165, 1.54) is 17.8 Å². The molecular weight excluding hydrogens is 217 g/mol. The first-order valence-electron chi connectivity index (χ1n) is 5.47. The first-order valence-corrected chi connectivity index (χ1v) is 5.47. The number of aromatic nitrogens is 2. The molecule has 4 heteroatoms. The monoisotopic (exact) mass is 231 g/mol. The summed E-state index contributed by atoms with van der Waals surface area (Å²) in [6.07, 6.45) is 5.94. The minimum atomic E-state index is -0.446. The zero-order valence-electron chi connectivity index (χ0n) is 9.68. The molecule has 0 bridgehead atoms. The van der Waals surface area contributed by atoms with Crippen molar-refractivity contribution in [3.05, 3.63) is 54.4 Å². The van der Waals surface area contributed by atoms with Crippen LogP contribution in [0.1, 0.15) is 5.56 Å². The van der Waals surface area contributed by atoms with Crippen molar-refractivity contribution in [2.45, 2.75) is 6.42 Å². The van der Waals surface area contributed by atoms with Gasteiger partial charge < -0.3 is 4.90 Å². The van der Waals surface area contributed by atoms with E-state index in [0.717, 1.165) is 18.7 Å². The Morgan fingerprint density at radius 2 is 1.94 bits per heavy atom. The zero-order valence-corrected chi connectivity index (χ0v) is 9.68. The Bertz CT molecular complexity index is 473. The zero-order chi connectivity index (χ0) is 12.1. The highest BCUT2D eigenvalue weighted by atomic mass is 19.1. The minimum Gasteiger partial charge on any atom is -0.374 e. The second-order valence-electron chi connectivity index (χ2n) is 3.86. The van der Waals surface area contributed by atoms with Crippen LogP contribution in [-0.2, 0) is 6.42 Å². The van der Waals surface area contributed by atoms with E-state index >= 15 is 0 Å². The summed E-state index contributed by atoms with van der Waals surface area (Å²) in [4.78, 5) is 9.51. The molecule has 2 rings (SSSR count). The fraction of sp³-hybridized carbons (Fsp3) is 0.231. The van der Waals surface area contributed by atoms with Gasteiger partial charge in [-0.25, -0.2) is 4.98 Å². The van der Waals surface area contributed by atoms with Crippen LogP contribution in [0.3, 0.4) is 0 Å². The highest BCUT2D eigenvalue weighted by Crippen LogP contribution is 2.12. The molecule has 0 fully saturated rings. The van der Waals surface area contributed by atoms with Gasteiger partial charge in [0.1, 0.15) is 0 Å². The number of halogens is 1. The molecular formula is C13H14FN3. The number of rotatable bonds is 4. The molecule has 0 radical (unpaired) electrons. The number of nitrogens with zero attached hydrogens (tertiary/aromatic N) is 3. The Kier molecular flexibility index (Phi) is 3.65. The van der Waals surface area contributed by atoms with E-state index in [9.17, 15) is 4.39 Å². The molecule has 88 valence electrons. The summed E-state index contributed by atoms with van der Waals surface area (Å²) in [5, 5.41) is 0. The molecule has 3 nitrogen and oxygen atoms in total. The predicted molar refractivity (Wildman–Crippen MR) is 65.4 cm³/mol. The Morgan fingerprint density at radius 3 is 2.65 bits per heavy atom. The molecule has 0 atom stereocenters. The van der Waals surface area contributed by atoms with Gasteiger partial charge in [0.25, 0.3) is 0 Å². The maximum absolute atomic E-state index is 12.9. The normalized spacial score (nSPS) is 10.2. The lowest BCUT2D eigenvalue weighted by Gasteiger charge is -2.18. The van der Waals surface area contributed by atoms with Crippen molar-refractivity contribution in [3.63, 3.8) is 0 Å². The predicted octanol–water partition coefficient (Wildman–Crippen LogP) is 2.29. The van der Waals surface area contributed by atoms with Crippen LogP contribution in [0, 0.1) is 5.95 Å². The molecule has 2 heterocycles. The molecule has 0 N–H and O–H groups in total. The van der Waals surface area contributed by atoms with E-state index in [1.807, 2.05) is 24.1 Å². The third-order valence-corrected chi connectivity index (χ3v) is 2.64. The van der Waals surface area contributed by atoms with Crippen molar-refractivity contribution < 1.29 is 4.39 Å². The van der Waals surface area contributed by atoms with Crippen LogP contribution in [0.25, 0.3) is 0 Å². The molecule has 0 aliphatic heterocycles. The van der Waals surface area contributed by atoms with Crippen molar-refractivity contribution in [1.29, 1.82) is 0 Å². The fourth-order valence-electron chi connectivity index (χ4n) is 1.61. The lowest BCUT2D eigenvalue weighted by Crippen LogP contribution is -2.20. The number of pyridine rings is 2. The minimum absolute atomic E-state index is 0.446. The molecule has 0 amide bonds. The average molecular weight is 231 g/mol. The van der Waals surface area contributed by atoms with E-state index in [4.69, 9.17) is 0 Å². The standard InChI is InChI=1S/C13H14FN3/c1-17(12-4-8-16-13(14)10-12)9-5-11-2-6-15-7-3-11/h2-4,6-8,10H,5,9H2,1H3. The molecule has 0 unspecified atom stereocenters. The maximum atomic E-state index is 12.9. The Labute approximate surface area is 99.9 Å². The third kappa shape index (κ3) is 3.24. The maximum Gasteiger partial charge on any atom is 0.214 e. The van der Waals surface area contributed by atoms with Crippen molar-refractivity contribution in [3.8, 4) is 0 Å². The van der Waals surface area contributed by atoms with E-state index in [0.29, 0.717) is 0 Å². The van der Waals surface area contributed by atoms with E-state index in [1.54, 1.807) is 18.5 Å². The van der Waals surface area contributed by atoms with Gasteiger partial charge in [-0.2, -0.15) is 4.39 Å². The van der Waals surface area contributed by atoms with Gasteiger partial charge in [0, 0.05) is 43.9 Å². The second kappa shape index (κ2) is 5.39. The van der Waals surface area contributed by atoms with Gasteiger partial charge >= 0.3 is 0 Å². The van der Waals surface area contributed by atoms with Gasteiger partial charge in [-0.1, -0.05) is 0 Å². The molecule has 0 saturated heterocycles. The van der Waals surface area contributed by atoms with Crippen LogP contribution < -0.4 is 4.90 Å². The van der Waals surface area contributed by atoms with Crippen molar-refractivity contribution in [2.75, 3.05) is 18.5 Å². The summed E-state index contributed by atoms with van der Waals surface area (Å²) in [5.41, 5.74) is 2.06. The van der Waals surface area contributed by atoms with E-state index in [2.05, 4.69) is 9.97 Å². The van der Waals surface area contributed by atoms with Crippen LogP contribution in [0.5, 0.6) is 0 Å². The number of hydrogen-bond donors (Lipinski definition) is 0. The largest absolute Gasteiger partial charge is 0.374 e. The van der Waals surface area contributed by atoms with Crippen LogP contribution in [-0.4, -0.2) is 23.6 Å². The number of hydrogen-bond acceptors (Lipinski definition) is 3. The van der Waals surface area contributed by atoms with E-state index < -0.39 is 5.95 Å². The Hall–Kier alpha value is -1.97. The van der Waals surface area contributed by atoms with Gasteiger partial charge in [-0.05, 0) is 30.2 Å². The first kappa shape index (κ1) is 11.5. The Morgan fingerprint density at radius 1 is 1.18 bits per heavy atom. The quantitative estimate of drug-likeness (QED) is 0.756. The van der Waals surface area contributed by atoms with Gasteiger partial charge in [-0.15, -0.1) is 0 Å². The van der Waals surface area contributed by atoms with Gasteiger partial charge in [0.05, 0.1) is 0 Å². The summed E-state index contributed by atoms with van der Waals surface area (Å²) in [7, 11) is 1.94. The van der Waals surface area contributed by atoms with E-state index in [-0.39, 0.29) is 0 Å². The summed E-state index contributed by atoms with van der Waals surface area (Å²) < 4.78 is 12.9. The lowest BCUT2D eigenvalue weighted by atomic mass is 10.2. The summed E-state index contributed by atoms with van der Waals surface area (Å²) in [5.74, 6) is -0.446. The van der Waals surface area contributed by atoms with Gasteiger partial charge in [-0.3, -0.25) is 4.98 Å². The van der Waals surface area contributed by atoms with Crippen LogP contribution >= 0.6 is 0 Å². The molecule has 0 aliphatic rings. The average Bonchev–Trinajstić information content (AvgIpc) is 2.37. The molecule has 17 heavy (non-hydrogen) atoms. The van der Waals surface area contributed by atoms with Crippen LogP contribution in [0.15, 0.2) is 42.9 Å². The van der Waals surface area contributed by atoms with Crippen molar-refractivity contribution >= 4 is 5.69 Å². The molecule has 0 aromatic carbocycles. The van der Waals surface area contributed by atoms with Gasteiger partial charge in [0.2, 0.25) is 5.95 Å².